The highest BCUT2D eigenvalue weighted by Crippen LogP contribution is 2.29. The van der Waals surface area contributed by atoms with Crippen LogP contribution in [0.3, 0.4) is 0 Å². The van der Waals surface area contributed by atoms with E-state index in [0.29, 0.717) is 16.8 Å². The van der Waals surface area contributed by atoms with Gasteiger partial charge in [0.25, 0.3) is 5.91 Å². The first kappa shape index (κ1) is 18.4. The number of amides is 1. The Hall–Kier alpha value is -2.89. The third kappa shape index (κ3) is 5.60. The topological polar surface area (TPSA) is 75.6 Å². The van der Waals surface area contributed by atoms with Gasteiger partial charge in [0.2, 0.25) is 0 Å². The van der Waals surface area contributed by atoms with Gasteiger partial charge in [-0.25, -0.2) is 4.39 Å². The maximum absolute atomic E-state index is 13.5. The molecule has 2 rings (SSSR count). The Morgan fingerprint density at radius 2 is 1.76 bits per heavy atom. The molecule has 25 heavy (non-hydrogen) atoms. The first-order chi connectivity index (χ1) is 11.6. The first-order valence-electron chi connectivity index (χ1n) is 7.75. The zero-order valence-electron chi connectivity index (χ0n) is 14.3. The van der Waals surface area contributed by atoms with Gasteiger partial charge in [0.05, 0.1) is 12.1 Å². The van der Waals surface area contributed by atoms with E-state index in [1.807, 2.05) is 20.8 Å². The van der Waals surface area contributed by atoms with Gasteiger partial charge < -0.3 is 15.2 Å². The number of carbonyl (C=O) groups excluding carboxylic acids is 1. The lowest BCUT2D eigenvalue weighted by Crippen LogP contribution is -2.24. The van der Waals surface area contributed by atoms with E-state index >= 15 is 0 Å². The summed E-state index contributed by atoms with van der Waals surface area (Å²) in [4.78, 5) is 23.1. The molecule has 0 atom stereocenters. The molecule has 0 unspecified atom stereocenters. The number of aliphatic carboxylic acids is 1. The SMILES string of the molecule is CC(C)(C)Oc1cc(F)ccc1NC(=O)c1ccc(CC(=O)O)cc1. The van der Waals surface area contributed by atoms with Crippen LogP contribution in [-0.4, -0.2) is 22.6 Å². The highest BCUT2D eigenvalue weighted by Gasteiger charge is 2.17. The van der Waals surface area contributed by atoms with Crippen LogP contribution in [0, 0.1) is 5.82 Å². The number of halogens is 1. The quantitative estimate of drug-likeness (QED) is 0.862. The normalized spacial score (nSPS) is 11.0. The Morgan fingerprint density at radius 3 is 2.32 bits per heavy atom. The van der Waals surface area contributed by atoms with Crippen LogP contribution >= 0.6 is 0 Å². The van der Waals surface area contributed by atoms with Crippen molar-refractivity contribution in [3.8, 4) is 5.75 Å². The summed E-state index contributed by atoms with van der Waals surface area (Å²) in [6, 6.07) is 10.1. The summed E-state index contributed by atoms with van der Waals surface area (Å²) in [5.74, 6) is -1.56. The molecule has 6 heteroatoms. The molecule has 0 spiro atoms. The number of carboxylic acid groups (broad SMARTS) is 1. The number of carboxylic acids is 1. The molecule has 0 saturated carbocycles. The molecule has 2 aromatic carbocycles. The van der Waals surface area contributed by atoms with Gasteiger partial charge in [0.1, 0.15) is 17.2 Å². The molecule has 0 heterocycles. The molecule has 0 radical (unpaired) electrons. The van der Waals surface area contributed by atoms with Gasteiger partial charge in [0.15, 0.2) is 0 Å². The highest BCUT2D eigenvalue weighted by atomic mass is 19.1. The molecule has 0 saturated heterocycles. The van der Waals surface area contributed by atoms with E-state index in [0.717, 1.165) is 0 Å². The Morgan fingerprint density at radius 1 is 1.12 bits per heavy atom. The highest BCUT2D eigenvalue weighted by molar-refractivity contribution is 6.05. The fourth-order valence-corrected chi connectivity index (χ4v) is 2.16. The monoisotopic (exact) mass is 345 g/mol. The van der Waals surface area contributed by atoms with Crippen LogP contribution in [0.15, 0.2) is 42.5 Å². The van der Waals surface area contributed by atoms with E-state index in [1.54, 1.807) is 24.3 Å². The molecule has 0 aliphatic carbocycles. The molecular weight excluding hydrogens is 325 g/mol. The van der Waals surface area contributed by atoms with Gasteiger partial charge in [-0.05, 0) is 50.6 Å². The Labute approximate surface area is 145 Å². The van der Waals surface area contributed by atoms with Crippen molar-refractivity contribution >= 4 is 17.6 Å². The number of rotatable bonds is 5. The number of benzene rings is 2. The van der Waals surface area contributed by atoms with Gasteiger partial charge in [-0.1, -0.05) is 12.1 Å². The first-order valence-corrected chi connectivity index (χ1v) is 7.75. The van der Waals surface area contributed by atoms with Crippen LogP contribution in [0.1, 0.15) is 36.7 Å². The molecule has 0 fully saturated rings. The second-order valence-corrected chi connectivity index (χ2v) is 6.58. The fraction of sp³-hybridized carbons (Fsp3) is 0.263. The minimum absolute atomic E-state index is 0.108. The van der Waals surface area contributed by atoms with Gasteiger partial charge in [-0.3, -0.25) is 9.59 Å². The van der Waals surface area contributed by atoms with Crippen molar-refractivity contribution in [2.75, 3.05) is 5.32 Å². The average molecular weight is 345 g/mol. The van der Waals surface area contributed by atoms with Crippen LogP contribution in [-0.2, 0) is 11.2 Å². The maximum atomic E-state index is 13.5. The number of hydrogen-bond acceptors (Lipinski definition) is 3. The number of anilines is 1. The van der Waals surface area contributed by atoms with Crippen molar-refractivity contribution in [3.05, 3.63) is 59.4 Å². The van der Waals surface area contributed by atoms with Gasteiger partial charge in [-0.15, -0.1) is 0 Å². The summed E-state index contributed by atoms with van der Waals surface area (Å²) in [5, 5.41) is 11.5. The Bertz CT molecular complexity index is 779. The predicted octanol–water partition coefficient (Wildman–Crippen LogP) is 3.88. The Balaban J connectivity index is 2.18. The molecule has 2 aromatic rings. The van der Waals surface area contributed by atoms with Crippen molar-refractivity contribution in [1.29, 1.82) is 0 Å². The largest absolute Gasteiger partial charge is 0.486 e. The van der Waals surface area contributed by atoms with Crippen molar-refractivity contribution in [1.82, 2.24) is 0 Å². The van der Waals surface area contributed by atoms with E-state index in [1.165, 1.54) is 18.2 Å². The predicted molar refractivity (Wildman–Crippen MR) is 92.5 cm³/mol. The van der Waals surface area contributed by atoms with E-state index in [2.05, 4.69) is 5.32 Å². The number of carbonyl (C=O) groups is 2. The van der Waals surface area contributed by atoms with E-state index in [-0.39, 0.29) is 12.2 Å². The van der Waals surface area contributed by atoms with E-state index < -0.39 is 23.3 Å². The van der Waals surface area contributed by atoms with Gasteiger partial charge in [0, 0.05) is 11.6 Å². The molecule has 0 bridgehead atoms. The molecule has 0 aliphatic heterocycles. The molecule has 2 N–H and O–H groups in total. The zero-order valence-corrected chi connectivity index (χ0v) is 14.3. The van der Waals surface area contributed by atoms with Gasteiger partial charge in [-0.2, -0.15) is 0 Å². The minimum Gasteiger partial charge on any atom is -0.486 e. The number of nitrogens with one attached hydrogen (secondary N) is 1. The standard InChI is InChI=1S/C19H20FNO4/c1-19(2,3)25-16-11-14(20)8-9-15(16)21-18(24)13-6-4-12(5-7-13)10-17(22)23/h4-9,11H,10H2,1-3H3,(H,21,24)(H,22,23). The molecule has 5 nitrogen and oxygen atoms in total. The van der Waals surface area contributed by atoms with Crippen molar-refractivity contribution in [2.24, 2.45) is 0 Å². The molecule has 0 aliphatic rings. The second kappa shape index (κ2) is 7.34. The lowest BCUT2D eigenvalue weighted by Gasteiger charge is -2.23. The van der Waals surface area contributed by atoms with Crippen LogP contribution in [0.5, 0.6) is 5.75 Å². The molecule has 1 amide bonds. The summed E-state index contributed by atoms with van der Waals surface area (Å²) in [6.07, 6.45) is -0.108. The van der Waals surface area contributed by atoms with Gasteiger partial charge >= 0.3 is 5.97 Å². The van der Waals surface area contributed by atoms with E-state index in [9.17, 15) is 14.0 Å². The summed E-state index contributed by atoms with van der Waals surface area (Å²) in [6.45, 7) is 5.47. The summed E-state index contributed by atoms with van der Waals surface area (Å²) < 4.78 is 19.2. The molecular formula is C19H20FNO4. The van der Waals surface area contributed by atoms with E-state index in [4.69, 9.17) is 9.84 Å². The van der Waals surface area contributed by atoms with Crippen LogP contribution in [0.2, 0.25) is 0 Å². The van der Waals surface area contributed by atoms with Crippen LogP contribution in [0.25, 0.3) is 0 Å². The van der Waals surface area contributed by atoms with Crippen LogP contribution < -0.4 is 10.1 Å². The third-order valence-electron chi connectivity index (χ3n) is 3.18. The second-order valence-electron chi connectivity index (χ2n) is 6.58. The average Bonchev–Trinajstić information content (AvgIpc) is 2.48. The lowest BCUT2D eigenvalue weighted by molar-refractivity contribution is -0.136. The number of hydrogen-bond donors (Lipinski definition) is 2. The maximum Gasteiger partial charge on any atom is 0.307 e. The fourth-order valence-electron chi connectivity index (χ4n) is 2.16. The van der Waals surface area contributed by atoms with Crippen molar-refractivity contribution < 1.29 is 23.8 Å². The summed E-state index contributed by atoms with van der Waals surface area (Å²) >= 11 is 0. The zero-order chi connectivity index (χ0) is 18.6. The number of ether oxygens (including phenoxy) is 1. The van der Waals surface area contributed by atoms with Crippen LogP contribution in [0.4, 0.5) is 10.1 Å². The summed E-state index contributed by atoms with van der Waals surface area (Å²) in [5.41, 5.74) is 0.768. The summed E-state index contributed by atoms with van der Waals surface area (Å²) in [7, 11) is 0. The minimum atomic E-state index is -0.938. The lowest BCUT2D eigenvalue weighted by atomic mass is 10.1. The third-order valence-corrected chi connectivity index (χ3v) is 3.18. The molecule has 0 aromatic heterocycles. The van der Waals surface area contributed by atoms with Crippen molar-refractivity contribution in [2.45, 2.75) is 32.8 Å². The smallest absolute Gasteiger partial charge is 0.307 e. The Kier molecular flexibility index (Phi) is 5.41. The molecule has 132 valence electrons. The van der Waals surface area contributed by atoms with Crippen molar-refractivity contribution in [3.63, 3.8) is 0 Å².